The molecule has 31 heavy (non-hydrogen) atoms. The van der Waals surface area contributed by atoms with Crippen LogP contribution in [0, 0.1) is 11.5 Å². The zero-order valence-corrected chi connectivity index (χ0v) is 18.3. The molecule has 9 nitrogen and oxygen atoms in total. The number of nitrogens with zero attached hydrogens (tertiary/aromatic N) is 4. The van der Waals surface area contributed by atoms with Gasteiger partial charge in [0.2, 0.25) is 5.88 Å². The Labute approximate surface area is 181 Å². The van der Waals surface area contributed by atoms with E-state index in [1.165, 1.54) is 17.3 Å². The first kappa shape index (κ1) is 19.9. The molecule has 10 heteroatoms. The van der Waals surface area contributed by atoms with E-state index >= 15 is 0 Å². The van der Waals surface area contributed by atoms with E-state index in [4.69, 9.17) is 4.74 Å². The Morgan fingerprint density at radius 2 is 1.94 bits per heavy atom. The number of nitrogens with one attached hydrogen (secondary N) is 2. The second-order valence-electron chi connectivity index (χ2n) is 8.83. The minimum Gasteiger partial charge on any atom is -0.469 e. The van der Waals surface area contributed by atoms with Crippen molar-refractivity contribution in [2.45, 2.75) is 69.4 Å². The predicted molar refractivity (Wildman–Crippen MR) is 114 cm³/mol. The summed E-state index contributed by atoms with van der Waals surface area (Å²) in [6.07, 6.45) is 8.94. The number of amides is 2. The van der Waals surface area contributed by atoms with Crippen LogP contribution in [0.15, 0.2) is 21.5 Å². The van der Waals surface area contributed by atoms with Gasteiger partial charge in [-0.2, -0.15) is 10.4 Å². The lowest BCUT2D eigenvalue weighted by Gasteiger charge is -2.17. The van der Waals surface area contributed by atoms with Crippen LogP contribution in [0.2, 0.25) is 0 Å². The van der Waals surface area contributed by atoms with Gasteiger partial charge in [-0.1, -0.05) is 6.07 Å². The second kappa shape index (κ2) is 6.99. The fourth-order valence-corrected chi connectivity index (χ4v) is 6.05. The number of anilines is 1. The van der Waals surface area contributed by atoms with Gasteiger partial charge < -0.3 is 10.1 Å². The number of benzene rings is 1. The molecule has 2 N–H and O–H groups in total. The lowest BCUT2D eigenvalue weighted by atomic mass is 9.99. The molecule has 0 saturated carbocycles. The minimum atomic E-state index is -3.60. The van der Waals surface area contributed by atoms with E-state index in [0.29, 0.717) is 6.54 Å². The molecule has 2 amide bonds. The Hall–Kier alpha value is -3.06. The van der Waals surface area contributed by atoms with Gasteiger partial charge in [-0.05, 0) is 74.6 Å². The molecule has 1 aromatic carbocycles. The first-order valence-electron chi connectivity index (χ1n) is 10.4. The van der Waals surface area contributed by atoms with Crippen molar-refractivity contribution in [3.8, 4) is 12.1 Å². The lowest BCUT2D eigenvalue weighted by molar-refractivity contribution is 0.132. The number of carbonyl (C=O) groups is 1. The highest BCUT2D eigenvalue weighted by atomic mass is 32.2. The molecule has 0 fully saturated rings. The molecule has 162 valence electrons. The topological polar surface area (TPSA) is 121 Å². The van der Waals surface area contributed by atoms with Crippen LogP contribution in [-0.4, -0.2) is 25.6 Å². The normalized spacial score (nSPS) is 19.4. The van der Waals surface area contributed by atoms with E-state index in [2.05, 4.69) is 25.6 Å². The van der Waals surface area contributed by atoms with E-state index in [9.17, 15) is 14.3 Å². The first-order valence-corrected chi connectivity index (χ1v) is 12.0. The molecule has 0 saturated heterocycles. The maximum absolute atomic E-state index is 13.6. The zero-order valence-electron chi connectivity index (χ0n) is 17.5. The van der Waals surface area contributed by atoms with Crippen LogP contribution in [0.4, 0.5) is 10.5 Å². The summed E-state index contributed by atoms with van der Waals surface area (Å²) in [6, 6.07) is 1.52. The van der Waals surface area contributed by atoms with Crippen LogP contribution in [0.5, 0.6) is 5.88 Å². The van der Waals surface area contributed by atoms with E-state index in [0.717, 1.165) is 55.3 Å². The third-order valence-electron chi connectivity index (χ3n) is 6.06. The van der Waals surface area contributed by atoms with Crippen LogP contribution < -0.4 is 14.8 Å². The molecular formula is C21H24N6O3S. The maximum atomic E-state index is 13.6. The van der Waals surface area contributed by atoms with Crippen LogP contribution in [-0.2, 0) is 42.1 Å². The predicted octanol–water partition coefficient (Wildman–Crippen LogP) is 3.08. The average Bonchev–Trinajstić information content (AvgIpc) is 3.44. The Morgan fingerprint density at radius 3 is 2.58 bits per heavy atom. The van der Waals surface area contributed by atoms with Crippen molar-refractivity contribution in [2.75, 3.05) is 5.32 Å². The van der Waals surface area contributed by atoms with Gasteiger partial charge in [0.05, 0.1) is 12.7 Å². The second-order valence-corrected chi connectivity index (χ2v) is 10.7. The van der Waals surface area contributed by atoms with Crippen molar-refractivity contribution >= 4 is 21.6 Å². The van der Waals surface area contributed by atoms with Crippen LogP contribution >= 0.6 is 0 Å². The standard InChI is InChI=1S/C21H24N6O3S/c1-21(2)11-27-19(30-21)17(10-23-27)31(29,24-12-22)26-20(28)25-18-15-7-3-5-13(15)9-14-6-4-8-16(14)18/h9-10H,3-8,11H2,1-2H3,(H2,24,25,26,28,29)/t31-/m1/s1. The van der Waals surface area contributed by atoms with Crippen molar-refractivity contribution in [3.05, 3.63) is 34.5 Å². The van der Waals surface area contributed by atoms with Crippen LogP contribution in [0.3, 0.4) is 0 Å². The number of hydrogen-bond acceptors (Lipinski definition) is 5. The van der Waals surface area contributed by atoms with Gasteiger partial charge >= 0.3 is 6.03 Å². The maximum Gasteiger partial charge on any atom is 0.355 e. The van der Waals surface area contributed by atoms with Gasteiger partial charge in [-0.3, -0.25) is 0 Å². The van der Waals surface area contributed by atoms with E-state index in [1.54, 1.807) is 10.9 Å². The highest BCUT2D eigenvalue weighted by Crippen LogP contribution is 2.39. The number of fused-ring (bicyclic) bond motifs is 3. The van der Waals surface area contributed by atoms with Crippen molar-refractivity contribution < 1.29 is 13.7 Å². The van der Waals surface area contributed by atoms with Gasteiger partial charge in [0.25, 0.3) is 0 Å². The summed E-state index contributed by atoms with van der Waals surface area (Å²) >= 11 is 0. The molecule has 0 unspecified atom stereocenters. The van der Waals surface area contributed by atoms with Crippen molar-refractivity contribution in [3.63, 3.8) is 0 Å². The first-order chi connectivity index (χ1) is 14.8. The molecule has 0 radical (unpaired) electrons. The summed E-state index contributed by atoms with van der Waals surface area (Å²) in [7, 11) is -3.60. The number of aryl methyl sites for hydroxylation is 2. The molecule has 2 aliphatic carbocycles. The smallest absolute Gasteiger partial charge is 0.355 e. The highest BCUT2D eigenvalue weighted by Gasteiger charge is 2.36. The molecule has 1 aliphatic heterocycles. The molecule has 1 atom stereocenters. The van der Waals surface area contributed by atoms with E-state index in [1.807, 2.05) is 13.8 Å². The fourth-order valence-electron chi connectivity index (χ4n) is 4.82. The van der Waals surface area contributed by atoms with E-state index < -0.39 is 21.5 Å². The molecular weight excluding hydrogens is 416 g/mol. The van der Waals surface area contributed by atoms with Gasteiger partial charge in [-0.25, -0.2) is 18.4 Å². The summed E-state index contributed by atoms with van der Waals surface area (Å²) in [6.45, 7) is 4.23. The average molecular weight is 441 g/mol. The third-order valence-corrected chi connectivity index (χ3v) is 7.73. The lowest BCUT2D eigenvalue weighted by Crippen LogP contribution is -2.27. The van der Waals surface area contributed by atoms with Gasteiger partial charge in [0.1, 0.15) is 5.60 Å². The zero-order chi connectivity index (χ0) is 21.8. The minimum absolute atomic E-state index is 0.0956. The number of hydrogen-bond donors (Lipinski definition) is 2. The Morgan fingerprint density at radius 1 is 1.26 bits per heavy atom. The number of nitriles is 1. The number of carbonyl (C=O) groups excluding carboxylic acids is 1. The molecule has 0 bridgehead atoms. The van der Waals surface area contributed by atoms with Crippen LogP contribution in [0.25, 0.3) is 0 Å². The summed E-state index contributed by atoms with van der Waals surface area (Å²) in [5.74, 6) is 0.260. The van der Waals surface area contributed by atoms with Gasteiger partial charge in [0.15, 0.2) is 21.0 Å². The Balaban J connectivity index is 1.53. The quantitative estimate of drug-likeness (QED) is 0.561. The molecule has 3 aliphatic rings. The summed E-state index contributed by atoms with van der Waals surface area (Å²) in [5, 5.41) is 16.3. The summed E-state index contributed by atoms with van der Waals surface area (Å²) in [5.41, 5.74) is 5.14. The molecule has 2 aromatic rings. The van der Waals surface area contributed by atoms with E-state index in [-0.39, 0.29) is 10.8 Å². The van der Waals surface area contributed by atoms with Crippen molar-refractivity contribution in [1.82, 2.24) is 14.5 Å². The van der Waals surface area contributed by atoms with Crippen molar-refractivity contribution in [1.29, 1.82) is 5.26 Å². The van der Waals surface area contributed by atoms with Crippen LogP contribution in [0.1, 0.15) is 48.9 Å². The Kier molecular flexibility index (Phi) is 4.48. The fraction of sp³-hybridized carbons (Fsp3) is 0.476. The number of urea groups is 1. The summed E-state index contributed by atoms with van der Waals surface area (Å²) < 4.78 is 27.2. The molecule has 2 heterocycles. The van der Waals surface area contributed by atoms with Crippen molar-refractivity contribution in [2.24, 2.45) is 4.36 Å². The molecule has 5 rings (SSSR count). The number of ether oxygens (including phenoxy) is 1. The SMILES string of the molecule is CC1(C)Cn2ncc([S@](=O)(=NC(=O)Nc3c4c(cc5c3CCC5)CCC4)NC#N)c2O1. The molecule has 0 spiro atoms. The highest BCUT2D eigenvalue weighted by molar-refractivity contribution is 7.92. The summed E-state index contributed by atoms with van der Waals surface area (Å²) in [4.78, 5) is 13.0. The largest absolute Gasteiger partial charge is 0.469 e. The number of aromatic nitrogens is 2. The number of rotatable bonds is 3. The third kappa shape index (κ3) is 3.33. The monoisotopic (exact) mass is 440 g/mol. The Bertz CT molecular complexity index is 1230. The molecule has 1 aromatic heterocycles. The van der Waals surface area contributed by atoms with Gasteiger partial charge in [-0.15, -0.1) is 4.36 Å². The van der Waals surface area contributed by atoms with Gasteiger partial charge in [0, 0.05) is 5.69 Å².